The third kappa shape index (κ3) is 4.21. The average Bonchev–Trinajstić information content (AvgIpc) is 2.52. The standard InChI is InChI=1S/C15H18N4O2S/c1-2-17-15(21)19-13(20)9-22-14-11(8-16)7-10-5-3-4-6-12(10)18-14/h7H,2-6,9H2,1H3,(H2,17,19,20,21). The van der Waals surface area contributed by atoms with Crippen LogP contribution in [0.2, 0.25) is 0 Å². The van der Waals surface area contributed by atoms with Gasteiger partial charge in [-0.3, -0.25) is 10.1 Å². The summed E-state index contributed by atoms with van der Waals surface area (Å²) in [4.78, 5) is 27.5. The Bertz CT molecular complexity index is 625. The summed E-state index contributed by atoms with van der Waals surface area (Å²) in [6.45, 7) is 2.23. The molecule has 3 amide bonds. The molecule has 0 saturated heterocycles. The maximum atomic E-state index is 11.7. The van der Waals surface area contributed by atoms with E-state index in [2.05, 4.69) is 21.7 Å². The molecule has 1 aliphatic rings. The predicted octanol–water partition coefficient (Wildman–Crippen LogP) is 1.77. The van der Waals surface area contributed by atoms with Gasteiger partial charge in [0, 0.05) is 12.2 Å². The molecule has 0 unspecified atom stereocenters. The Morgan fingerprint density at radius 3 is 2.91 bits per heavy atom. The van der Waals surface area contributed by atoms with Gasteiger partial charge >= 0.3 is 6.03 Å². The Kier molecular flexibility index (Phi) is 5.78. The van der Waals surface area contributed by atoms with Gasteiger partial charge in [0.15, 0.2) is 0 Å². The summed E-state index contributed by atoms with van der Waals surface area (Å²) in [5.74, 6) is -0.350. The van der Waals surface area contributed by atoms with Crippen molar-refractivity contribution in [2.45, 2.75) is 37.6 Å². The number of nitriles is 1. The van der Waals surface area contributed by atoms with Crippen LogP contribution >= 0.6 is 11.8 Å². The van der Waals surface area contributed by atoms with Gasteiger partial charge in [0.25, 0.3) is 0 Å². The van der Waals surface area contributed by atoms with Crippen molar-refractivity contribution in [2.24, 2.45) is 0 Å². The van der Waals surface area contributed by atoms with Gasteiger partial charge in [-0.2, -0.15) is 5.26 Å². The van der Waals surface area contributed by atoms with Crippen molar-refractivity contribution < 1.29 is 9.59 Å². The molecule has 1 aliphatic carbocycles. The second-order valence-corrected chi connectivity index (χ2v) is 5.93. The van der Waals surface area contributed by atoms with Crippen molar-refractivity contribution in [1.29, 1.82) is 5.26 Å². The fourth-order valence-electron chi connectivity index (χ4n) is 2.31. The first-order valence-electron chi connectivity index (χ1n) is 7.27. The van der Waals surface area contributed by atoms with E-state index in [9.17, 15) is 14.9 Å². The quantitative estimate of drug-likeness (QED) is 0.825. The zero-order chi connectivity index (χ0) is 15.9. The maximum Gasteiger partial charge on any atom is 0.321 e. The van der Waals surface area contributed by atoms with Gasteiger partial charge in [0.2, 0.25) is 5.91 Å². The van der Waals surface area contributed by atoms with Gasteiger partial charge in [0.1, 0.15) is 11.1 Å². The molecule has 7 heteroatoms. The van der Waals surface area contributed by atoms with Crippen molar-refractivity contribution in [3.8, 4) is 6.07 Å². The lowest BCUT2D eigenvalue weighted by atomic mass is 9.95. The molecule has 116 valence electrons. The molecule has 0 radical (unpaired) electrons. The molecule has 0 aromatic carbocycles. The first kappa shape index (κ1) is 16.3. The SMILES string of the molecule is CCNC(=O)NC(=O)CSc1nc2c(cc1C#N)CCCC2. The molecule has 0 saturated carbocycles. The zero-order valence-corrected chi connectivity index (χ0v) is 13.3. The minimum Gasteiger partial charge on any atom is -0.338 e. The van der Waals surface area contributed by atoms with Crippen LogP contribution in [0.25, 0.3) is 0 Å². The number of hydrogen-bond donors (Lipinski definition) is 2. The molecular formula is C15H18N4O2S. The largest absolute Gasteiger partial charge is 0.338 e. The number of hydrogen-bond acceptors (Lipinski definition) is 5. The number of fused-ring (bicyclic) bond motifs is 1. The van der Waals surface area contributed by atoms with Gasteiger partial charge < -0.3 is 5.32 Å². The first-order valence-corrected chi connectivity index (χ1v) is 8.26. The number of thioether (sulfide) groups is 1. The summed E-state index contributed by atoms with van der Waals surface area (Å²) < 4.78 is 0. The molecule has 0 aliphatic heterocycles. The highest BCUT2D eigenvalue weighted by atomic mass is 32.2. The predicted molar refractivity (Wildman–Crippen MR) is 83.5 cm³/mol. The summed E-state index contributed by atoms with van der Waals surface area (Å²) in [6, 6.07) is 3.51. The van der Waals surface area contributed by atoms with Crippen LogP contribution in [0.5, 0.6) is 0 Å². The summed E-state index contributed by atoms with van der Waals surface area (Å²) >= 11 is 1.19. The van der Waals surface area contributed by atoms with Gasteiger partial charge in [-0.15, -0.1) is 0 Å². The van der Waals surface area contributed by atoms with E-state index in [-0.39, 0.29) is 5.75 Å². The van der Waals surface area contributed by atoms with E-state index >= 15 is 0 Å². The molecule has 22 heavy (non-hydrogen) atoms. The monoisotopic (exact) mass is 318 g/mol. The Balaban J connectivity index is 2.02. The van der Waals surface area contributed by atoms with E-state index in [0.29, 0.717) is 17.1 Å². The molecule has 0 bridgehead atoms. The highest BCUT2D eigenvalue weighted by molar-refractivity contribution is 8.00. The number of aryl methyl sites for hydroxylation is 2. The Labute approximate surface area is 133 Å². The van der Waals surface area contributed by atoms with Crippen molar-refractivity contribution >= 4 is 23.7 Å². The number of imide groups is 1. The normalized spacial score (nSPS) is 12.9. The minimum atomic E-state index is -0.507. The van der Waals surface area contributed by atoms with Gasteiger partial charge in [0.05, 0.1) is 11.3 Å². The van der Waals surface area contributed by atoms with Crippen molar-refractivity contribution in [1.82, 2.24) is 15.6 Å². The second-order valence-electron chi connectivity index (χ2n) is 4.96. The fourth-order valence-corrected chi connectivity index (χ4v) is 3.08. The molecule has 0 atom stereocenters. The van der Waals surface area contributed by atoms with Crippen LogP contribution in [0.15, 0.2) is 11.1 Å². The molecule has 1 aromatic heterocycles. The maximum absolute atomic E-state index is 11.7. The van der Waals surface area contributed by atoms with Gasteiger partial charge in [-0.05, 0) is 44.2 Å². The van der Waals surface area contributed by atoms with Crippen LogP contribution in [-0.2, 0) is 17.6 Å². The number of nitrogens with zero attached hydrogens (tertiary/aromatic N) is 2. The van der Waals surface area contributed by atoms with Crippen molar-refractivity contribution in [2.75, 3.05) is 12.3 Å². The smallest absolute Gasteiger partial charge is 0.321 e. The van der Waals surface area contributed by atoms with E-state index in [4.69, 9.17) is 0 Å². The lowest BCUT2D eigenvalue weighted by molar-refractivity contribution is -0.117. The van der Waals surface area contributed by atoms with Crippen LogP contribution in [0, 0.1) is 11.3 Å². The van der Waals surface area contributed by atoms with E-state index in [1.54, 1.807) is 6.92 Å². The van der Waals surface area contributed by atoms with Crippen LogP contribution in [-0.4, -0.2) is 29.2 Å². The van der Waals surface area contributed by atoms with E-state index < -0.39 is 11.9 Å². The Hall–Kier alpha value is -2.07. The van der Waals surface area contributed by atoms with Crippen LogP contribution < -0.4 is 10.6 Å². The van der Waals surface area contributed by atoms with E-state index in [1.165, 1.54) is 11.8 Å². The number of carbonyl (C=O) groups is 2. The summed E-state index contributed by atoms with van der Waals surface area (Å²) in [5, 5.41) is 14.5. The lowest BCUT2D eigenvalue weighted by Crippen LogP contribution is -2.40. The van der Waals surface area contributed by atoms with Crippen molar-refractivity contribution in [3.05, 3.63) is 22.9 Å². The van der Waals surface area contributed by atoms with Gasteiger partial charge in [-0.25, -0.2) is 9.78 Å². The van der Waals surface area contributed by atoms with Crippen LogP contribution in [0.1, 0.15) is 36.6 Å². The highest BCUT2D eigenvalue weighted by Crippen LogP contribution is 2.27. The molecule has 6 nitrogen and oxygen atoms in total. The average molecular weight is 318 g/mol. The molecule has 1 heterocycles. The Morgan fingerprint density at radius 2 is 2.18 bits per heavy atom. The summed E-state index contributed by atoms with van der Waals surface area (Å²) in [6.07, 6.45) is 4.11. The zero-order valence-electron chi connectivity index (χ0n) is 12.4. The van der Waals surface area contributed by atoms with E-state index in [0.717, 1.165) is 36.9 Å². The number of urea groups is 1. The molecule has 2 rings (SSSR count). The molecule has 2 N–H and O–H groups in total. The fraction of sp³-hybridized carbons (Fsp3) is 0.467. The van der Waals surface area contributed by atoms with E-state index in [1.807, 2.05) is 6.07 Å². The second kappa shape index (κ2) is 7.80. The van der Waals surface area contributed by atoms with Crippen LogP contribution in [0.3, 0.4) is 0 Å². The molecular weight excluding hydrogens is 300 g/mol. The third-order valence-corrected chi connectivity index (χ3v) is 4.31. The number of aromatic nitrogens is 1. The molecule has 0 fully saturated rings. The van der Waals surface area contributed by atoms with Crippen LogP contribution in [0.4, 0.5) is 4.79 Å². The highest BCUT2D eigenvalue weighted by Gasteiger charge is 2.16. The molecule has 0 spiro atoms. The number of amides is 3. The molecule has 1 aromatic rings. The Morgan fingerprint density at radius 1 is 1.41 bits per heavy atom. The minimum absolute atomic E-state index is 0.0532. The lowest BCUT2D eigenvalue weighted by Gasteiger charge is -2.16. The first-order chi connectivity index (χ1) is 10.6. The number of pyridine rings is 1. The summed E-state index contributed by atoms with van der Waals surface area (Å²) in [7, 11) is 0. The topological polar surface area (TPSA) is 94.9 Å². The van der Waals surface area contributed by atoms with Gasteiger partial charge in [-0.1, -0.05) is 11.8 Å². The number of rotatable bonds is 4. The summed E-state index contributed by atoms with van der Waals surface area (Å²) in [5.41, 5.74) is 2.66. The number of nitrogens with one attached hydrogen (secondary N) is 2. The van der Waals surface area contributed by atoms with Crippen molar-refractivity contribution in [3.63, 3.8) is 0 Å². The third-order valence-electron chi connectivity index (χ3n) is 3.32. The number of carbonyl (C=O) groups excluding carboxylic acids is 2.